The van der Waals surface area contributed by atoms with Crippen molar-refractivity contribution in [2.24, 2.45) is 0 Å². The zero-order chi connectivity index (χ0) is 25.4. The number of unbranched alkanes of at least 4 members (excludes halogenated alkanes) is 2. The fourth-order valence-electron chi connectivity index (χ4n) is 5.60. The van der Waals surface area contributed by atoms with Gasteiger partial charge < -0.3 is 41.6 Å². The number of aromatic hydroxyl groups is 1. The van der Waals surface area contributed by atoms with E-state index in [1.807, 2.05) is 12.1 Å². The highest BCUT2D eigenvalue weighted by atomic mass is 79.9. The number of pyridine rings is 1. The van der Waals surface area contributed by atoms with E-state index in [4.69, 9.17) is 14.2 Å². The molecule has 0 saturated carbocycles. The van der Waals surface area contributed by atoms with Gasteiger partial charge in [0.2, 0.25) is 12.5 Å². The molecule has 0 unspecified atom stereocenters. The summed E-state index contributed by atoms with van der Waals surface area (Å²) in [5.41, 5.74) is 7.13. The van der Waals surface area contributed by atoms with Crippen LogP contribution in [0.5, 0.6) is 23.0 Å². The molecule has 0 spiro atoms. The Balaban J connectivity index is 0.00000294. The Labute approximate surface area is 233 Å². The lowest BCUT2D eigenvalue weighted by molar-refractivity contribution is -0.686. The van der Waals surface area contributed by atoms with Gasteiger partial charge in [-0.2, -0.15) is 4.57 Å². The third-order valence-electron chi connectivity index (χ3n) is 7.49. The second kappa shape index (κ2) is 11.1. The van der Waals surface area contributed by atoms with E-state index in [0.717, 1.165) is 66.2 Å². The lowest BCUT2D eigenvalue weighted by Gasteiger charge is -2.22. The molecule has 1 aromatic heterocycles. The lowest BCUT2D eigenvalue weighted by atomic mass is 9.88. The molecule has 198 valence electrons. The average molecular weight is 578 g/mol. The van der Waals surface area contributed by atoms with Crippen molar-refractivity contribution >= 4 is 16.5 Å². The molecule has 3 aromatic carbocycles. The SMILES string of the molecule is CCCCCNc1c(OC)ccc2c(Cc3ccc(O)cc3)c3[n+](cc12)CCc1cc2c(cc1-3)OCO2.[Br-]. The number of rotatable bonds is 8. The summed E-state index contributed by atoms with van der Waals surface area (Å²) in [6, 6.07) is 16.1. The molecule has 4 aromatic rings. The van der Waals surface area contributed by atoms with Crippen molar-refractivity contribution < 1.29 is 40.9 Å². The van der Waals surface area contributed by atoms with Crippen LogP contribution >= 0.6 is 0 Å². The zero-order valence-corrected chi connectivity index (χ0v) is 23.4. The number of halogens is 1. The van der Waals surface area contributed by atoms with Gasteiger partial charge in [-0.05, 0) is 53.9 Å². The number of fused-ring (bicyclic) bond motifs is 5. The van der Waals surface area contributed by atoms with Crippen LogP contribution in [0, 0.1) is 0 Å². The smallest absolute Gasteiger partial charge is 0.231 e. The van der Waals surface area contributed by atoms with Crippen LogP contribution in [-0.2, 0) is 19.4 Å². The van der Waals surface area contributed by atoms with Gasteiger partial charge in [0.15, 0.2) is 24.2 Å². The second-order valence-electron chi connectivity index (χ2n) is 9.84. The molecule has 3 heterocycles. The highest BCUT2D eigenvalue weighted by Crippen LogP contribution is 2.43. The van der Waals surface area contributed by atoms with E-state index in [-0.39, 0.29) is 29.5 Å². The van der Waals surface area contributed by atoms with Crippen molar-refractivity contribution in [3.05, 3.63) is 71.4 Å². The van der Waals surface area contributed by atoms with Crippen LogP contribution in [-0.4, -0.2) is 25.6 Å². The number of methoxy groups -OCH3 is 1. The van der Waals surface area contributed by atoms with E-state index >= 15 is 0 Å². The number of aryl methyl sites for hydroxylation is 2. The number of phenols is 1. The van der Waals surface area contributed by atoms with E-state index in [1.165, 1.54) is 40.6 Å². The van der Waals surface area contributed by atoms with Crippen LogP contribution in [0.15, 0.2) is 54.7 Å². The number of anilines is 1. The molecule has 0 saturated heterocycles. The Bertz CT molecular complexity index is 1470. The van der Waals surface area contributed by atoms with Crippen molar-refractivity contribution in [1.82, 2.24) is 0 Å². The fourth-order valence-corrected chi connectivity index (χ4v) is 5.60. The molecule has 6 nitrogen and oxygen atoms in total. The zero-order valence-electron chi connectivity index (χ0n) is 21.9. The predicted molar refractivity (Wildman–Crippen MR) is 145 cm³/mol. The van der Waals surface area contributed by atoms with Gasteiger partial charge in [-0.1, -0.05) is 31.9 Å². The minimum atomic E-state index is 0. The third-order valence-corrected chi connectivity index (χ3v) is 7.49. The molecule has 0 fully saturated rings. The number of nitrogens with zero attached hydrogens (tertiary/aromatic N) is 1. The Morgan fingerprint density at radius 3 is 2.55 bits per heavy atom. The summed E-state index contributed by atoms with van der Waals surface area (Å²) in [5, 5.41) is 15.9. The van der Waals surface area contributed by atoms with E-state index in [0.29, 0.717) is 0 Å². The summed E-state index contributed by atoms with van der Waals surface area (Å²) in [7, 11) is 1.74. The van der Waals surface area contributed by atoms with Crippen molar-refractivity contribution in [3.8, 4) is 34.3 Å². The molecular weight excluding hydrogens is 544 g/mol. The van der Waals surface area contributed by atoms with Gasteiger partial charge in [0.1, 0.15) is 11.5 Å². The first-order valence-corrected chi connectivity index (χ1v) is 13.2. The van der Waals surface area contributed by atoms with Crippen molar-refractivity contribution in [3.63, 3.8) is 0 Å². The van der Waals surface area contributed by atoms with Gasteiger partial charge in [0, 0.05) is 30.3 Å². The van der Waals surface area contributed by atoms with Gasteiger partial charge in [0.05, 0.1) is 23.7 Å². The molecule has 0 radical (unpaired) electrons. The number of hydrogen-bond donors (Lipinski definition) is 2. The first kappa shape index (κ1) is 26.2. The van der Waals surface area contributed by atoms with Gasteiger partial charge >= 0.3 is 0 Å². The molecule has 0 bridgehead atoms. The summed E-state index contributed by atoms with van der Waals surface area (Å²) in [4.78, 5) is 0. The largest absolute Gasteiger partial charge is 1.00 e. The third kappa shape index (κ3) is 4.75. The normalized spacial score (nSPS) is 13.0. The van der Waals surface area contributed by atoms with Crippen LogP contribution in [0.1, 0.15) is 42.9 Å². The maximum absolute atomic E-state index is 9.87. The van der Waals surface area contributed by atoms with Crippen molar-refractivity contribution in [2.75, 3.05) is 25.8 Å². The van der Waals surface area contributed by atoms with Crippen molar-refractivity contribution in [1.29, 1.82) is 0 Å². The van der Waals surface area contributed by atoms with Gasteiger partial charge in [0.25, 0.3) is 0 Å². The highest BCUT2D eigenvalue weighted by molar-refractivity contribution is 6.00. The molecule has 2 aliphatic heterocycles. The second-order valence-corrected chi connectivity index (χ2v) is 9.84. The van der Waals surface area contributed by atoms with Crippen LogP contribution in [0.4, 0.5) is 5.69 Å². The molecule has 7 heteroatoms. The number of aromatic nitrogens is 1. The number of ether oxygens (including phenoxy) is 3. The predicted octanol–water partition coefficient (Wildman–Crippen LogP) is 2.99. The monoisotopic (exact) mass is 576 g/mol. The van der Waals surface area contributed by atoms with Gasteiger partial charge in [-0.3, -0.25) is 0 Å². The van der Waals surface area contributed by atoms with Crippen LogP contribution in [0.3, 0.4) is 0 Å². The van der Waals surface area contributed by atoms with E-state index in [1.54, 1.807) is 19.2 Å². The van der Waals surface area contributed by atoms with Crippen LogP contribution in [0.2, 0.25) is 0 Å². The molecule has 2 aliphatic rings. The lowest BCUT2D eigenvalue weighted by Crippen LogP contribution is -3.00. The number of phenolic OH excluding ortho intramolecular Hbond substituents is 1. The number of benzene rings is 3. The molecule has 0 amide bonds. The molecule has 2 N–H and O–H groups in total. The Kier molecular flexibility index (Phi) is 7.65. The molecule has 6 rings (SSSR count). The van der Waals surface area contributed by atoms with Crippen LogP contribution < -0.4 is 41.1 Å². The average Bonchev–Trinajstić information content (AvgIpc) is 3.38. The van der Waals surface area contributed by atoms with E-state index < -0.39 is 0 Å². The topological polar surface area (TPSA) is 63.8 Å². The summed E-state index contributed by atoms with van der Waals surface area (Å²) in [6.07, 6.45) is 7.45. The number of nitrogens with one attached hydrogen (secondary N) is 1. The summed E-state index contributed by atoms with van der Waals surface area (Å²) < 4.78 is 19.6. The minimum Gasteiger partial charge on any atom is -1.00 e. The summed E-state index contributed by atoms with van der Waals surface area (Å²) >= 11 is 0. The fraction of sp³-hybridized carbons (Fsp3) is 0.323. The van der Waals surface area contributed by atoms with Crippen LogP contribution in [0.25, 0.3) is 22.0 Å². The van der Waals surface area contributed by atoms with Gasteiger partial charge in [-0.15, -0.1) is 0 Å². The standard InChI is InChI=1S/C31H32N2O4.BrH/c1-3-4-5-13-32-30-26-18-33-14-12-21-16-28-29(37-19-36-28)17-24(21)31(33)25(23(26)10-11-27(30)35-2)15-20-6-8-22(34)9-7-20;/h6-11,16-18,34H,3-5,12-15,19H2,1-2H3;1H. The summed E-state index contributed by atoms with van der Waals surface area (Å²) in [6.45, 7) is 4.28. The van der Waals surface area contributed by atoms with Crippen molar-refractivity contribution in [2.45, 2.75) is 45.6 Å². The first-order chi connectivity index (χ1) is 18.2. The Hall–Kier alpha value is -3.45. The summed E-state index contributed by atoms with van der Waals surface area (Å²) in [5.74, 6) is 2.77. The Morgan fingerprint density at radius 1 is 1.00 bits per heavy atom. The maximum Gasteiger partial charge on any atom is 0.231 e. The molecule has 38 heavy (non-hydrogen) atoms. The van der Waals surface area contributed by atoms with E-state index in [2.05, 4.69) is 47.3 Å². The number of hydrogen-bond acceptors (Lipinski definition) is 5. The maximum atomic E-state index is 9.87. The minimum absolute atomic E-state index is 0. The van der Waals surface area contributed by atoms with E-state index in [9.17, 15) is 5.11 Å². The van der Waals surface area contributed by atoms with Gasteiger partial charge in [-0.25, -0.2) is 0 Å². The molecule has 0 aliphatic carbocycles. The molecule has 0 atom stereocenters. The Morgan fingerprint density at radius 2 is 1.79 bits per heavy atom. The quantitative estimate of drug-likeness (QED) is 0.249. The first-order valence-electron chi connectivity index (χ1n) is 13.2. The molecular formula is C31H33BrN2O4. The highest BCUT2D eigenvalue weighted by Gasteiger charge is 2.32.